The number of rotatable bonds is 3. The van der Waals surface area contributed by atoms with Crippen LogP contribution in [0.15, 0.2) is 114 Å². The van der Waals surface area contributed by atoms with Gasteiger partial charge in [-0.05, 0) is 29.2 Å². The molecular formula is C38H31NO4. The summed E-state index contributed by atoms with van der Waals surface area (Å²) < 4.78 is 0. The molecule has 4 aromatic carbocycles. The first kappa shape index (κ1) is 26.2. The van der Waals surface area contributed by atoms with Crippen LogP contribution >= 0.6 is 0 Å². The molecule has 43 heavy (non-hydrogen) atoms. The average molecular weight is 566 g/mol. The number of likely N-dealkylation sites (tertiary alicyclic amines) is 1. The molecule has 1 saturated carbocycles. The Morgan fingerprint density at radius 1 is 0.767 bits per heavy atom. The monoisotopic (exact) mass is 565 g/mol. The zero-order valence-corrected chi connectivity index (χ0v) is 23.9. The van der Waals surface area contributed by atoms with Crippen LogP contribution in [0.1, 0.15) is 59.2 Å². The molecule has 5 atom stereocenters. The Morgan fingerprint density at radius 2 is 1.42 bits per heavy atom. The second-order valence-corrected chi connectivity index (χ2v) is 12.5. The summed E-state index contributed by atoms with van der Waals surface area (Å²) >= 11 is 0. The van der Waals surface area contributed by atoms with Gasteiger partial charge in [-0.25, -0.2) is 0 Å². The molecule has 4 aliphatic rings. The zero-order valence-electron chi connectivity index (χ0n) is 23.9. The highest BCUT2D eigenvalue weighted by Crippen LogP contribution is 2.64. The molecule has 0 radical (unpaired) electrons. The Labute approximate surface area is 250 Å². The van der Waals surface area contributed by atoms with Crippen molar-refractivity contribution in [1.82, 2.24) is 4.90 Å². The number of hydrogen-bond acceptors (Lipinski definition) is 5. The Morgan fingerprint density at radius 3 is 2.12 bits per heavy atom. The maximum Gasteiger partial charge on any atom is 0.197 e. The normalized spacial score (nSPS) is 27.7. The number of nitrogens with zero attached hydrogens (tertiary/aromatic N) is 1. The number of aliphatic hydroxyl groups is 1. The number of benzene rings is 4. The van der Waals surface area contributed by atoms with Crippen LogP contribution in [-0.2, 0) is 12.1 Å². The van der Waals surface area contributed by atoms with Crippen molar-refractivity contribution in [2.24, 2.45) is 17.8 Å². The molecule has 212 valence electrons. The van der Waals surface area contributed by atoms with Crippen molar-refractivity contribution in [3.05, 3.63) is 153 Å². The van der Waals surface area contributed by atoms with Gasteiger partial charge in [-0.3, -0.25) is 19.3 Å². The SMILES string of the molecule is Cc1cccc([C@@H]2[C@H]3C(=O)c4ccccc4[C@@]3(O)[C@@H]3CN(Cc4ccccc4)C[C@H]2C3=C2C(=O)c3ccccc3C2=O)c1. The van der Waals surface area contributed by atoms with Crippen molar-refractivity contribution in [1.29, 1.82) is 0 Å². The number of piperidine rings is 1. The summed E-state index contributed by atoms with van der Waals surface area (Å²) in [6.45, 7) is 3.68. The molecule has 0 spiro atoms. The number of aryl methyl sites for hydroxylation is 1. The third-order valence-electron chi connectivity index (χ3n) is 10.2. The quantitative estimate of drug-likeness (QED) is 0.247. The summed E-state index contributed by atoms with van der Waals surface area (Å²) in [7, 11) is 0. The Bertz CT molecular complexity index is 1840. The van der Waals surface area contributed by atoms with E-state index in [0.29, 0.717) is 47.5 Å². The molecule has 3 aliphatic carbocycles. The minimum atomic E-state index is -1.58. The van der Waals surface area contributed by atoms with E-state index in [-0.39, 0.29) is 28.8 Å². The van der Waals surface area contributed by atoms with Crippen LogP contribution in [0.2, 0.25) is 0 Å². The van der Waals surface area contributed by atoms with Crippen LogP contribution in [0.3, 0.4) is 0 Å². The van der Waals surface area contributed by atoms with Gasteiger partial charge in [0, 0.05) is 54.1 Å². The van der Waals surface area contributed by atoms with Gasteiger partial charge in [-0.15, -0.1) is 0 Å². The van der Waals surface area contributed by atoms with E-state index in [2.05, 4.69) is 23.1 Å². The Balaban J connectivity index is 1.40. The van der Waals surface area contributed by atoms with Crippen LogP contribution in [0, 0.1) is 24.7 Å². The minimum Gasteiger partial charge on any atom is -0.384 e. The van der Waals surface area contributed by atoms with E-state index in [0.717, 1.165) is 16.7 Å². The molecule has 0 aromatic heterocycles. The van der Waals surface area contributed by atoms with Gasteiger partial charge in [-0.2, -0.15) is 0 Å². The topological polar surface area (TPSA) is 74.7 Å². The number of carbonyl (C=O) groups is 3. The van der Waals surface area contributed by atoms with Crippen molar-refractivity contribution in [3.8, 4) is 0 Å². The van der Waals surface area contributed by atoms with Crippen molar-refractivity contribution in [2.75, 3.05) is 13.1 Å². The number of allylic oxidation sites excluding steroid dienone is 1. The highest BCUT2D eigenvalue weighted by molar-refractivity contribution is 6.40. The number of carbonyl (C=O) groups excluding carboxylic acids is 3. The van der Waals surface area contributed by atoms with E-state index >= 15 is 0 Å². The number of ketones is 3. The molecular weight excluding hydrogens is 534 g/mol. The number of Topliss-reactive ketones (excluding diaryl/α,β-unsaturated/α-hetero) is 3. The van der Waals surface area contributed by atoms with Crippen molar-refractivity contribution in [2.45, 2.75) is 25.0 Å². The second-order valence-electron chi connectivity index (χ2n) is 12.5. The highest BCUT2D eigenvalue weighted by Gasteiger charge is 2.66. The maximum atomic E-state index is 14.3. The van der Waals surface area contributed by atoms with E-state index in [9.17, 15) is 19.5 Å². The fourth-order valence-corrected chi connectivity index (χ4v) is 8.55. The van der Waals surface area contributed by atoms with Crippen molar-refractivity contribution >= 4 is 17.3 Å². The Hall–Kier alpha value is -4.45. The summed E-state index contributed by atoms with van der Waals surface area (Å²) in [6.07, 6.45) is 0. The first-order valence-corrected chi connectivity index (χ1v) is 15.0. The van der Waals surface area contributed by atoms with Gasteiger partial charge < -0.3 is 5.11 Å². The smallest absolute Gasteiger partial charge is 0.197 e. The van der Waals surface area contributed by atoms with E-state index < -0.39 is 23.4 Å². The lowest BCUT2D eigenvalue weighted by Gasteiger charge is -2.56. The largest absolute Gasteiger partial charge is 0.384 e. The lowest BCUT2D eigenvalue weighted by molar-refractivity contribution is -0.107. The van der Waals surface area contributed by atoms with E-state index in [1.54, 1.807) is 24.3 Å². The molecule has 5 nitrogen and oxygen atoms in total. The predicted octanol–water partition coefficient (Wildman–Crippen LogP) is 5.92. The minimum absolute atomic E-state index is 0.0625. The van der Waals surface area contributed by atoms with Crippen LogP contribution in [0.5, 0.6) is 0 Å². The molecule has 8 rings (SSSR count). The third kappa shape index (κ3) is 3.68. The fraction of sp³-hybridized carbons (Fsp3) is 0.237. The molecule has 2 bridgehead atoms. The van der Waals surface area contributed by atoms with Crippen LogP contribution < -0.4 is 0 Å². The predicted molar refractivity (Wildman–Crippen MR) is 163 cm³/mol. The Kier molecular flexibility index (Phi) is 5.81. The van der Waals surface area contributed by atoms with Gasteiger partial charge in [0.2, 0.25) is 0 Å². The fourth-order valence-electron chi connectivity index (χ4n) is 8.55. The van der Waals surface area contributed by atoms with Crippen LogP contribution in [0.25, 0.3) is 0 Å². The summed E-state index contributed by atoms with van der Waals surface area (Å²) in [5.74, 6) is -2.68. The first-order valence-electron chi connectivity index (χ1n) is 15.0. The first-order chi connectivity index (χ1) is 20.9. The van der Waals surface area contributed by atoms with Gasteiger partial charge >= 0.3 is 0 Å². The lowest BCUT2D eigenvalue weighted by atomic mass is 9.52. The van der Waals surface area contributed by atoms with E-state index in [4.69, 9.17) is 0 Å². The van der Waals surface area contributed by atoms with Crippen LogP contribution in [-0.4, -0.2) is 40.4 Å². The summed E-state index contributed by atoms with van der Waals surface area (Å²) in [4.78, 5) is 44.8. The molecule has 0 unspecified atom stereocenters. The molecule has 1 N–H and O–H groups in total. The summed E-state index contributed by atoms with van der Waals surface area (Å²) in [5.41, 5.74) is 4.44. The van der Waals surface area contributed by atoms with Gasteiger partial charge in [0.25, 0.3) is 0 Å². The number of fused-ring (bicyclic) bond motifs is 7. The van der Waals surface area contributed by atoms with Gasteiger partial charge in [0.1, 0.15) is 5.60 Å². The van der Waals surface area contributed by atoms with E-state index in [1.165, 1.54) is 0 Å². The second kappa shape index (κ2) is 9.53. The standard InChI is InChI=1S/C38H31NO4/c1-22-10-9-13-24(18-22)31-28-20-39(19-23-11-3-2-4-12-23)21-30(38(43)29-17-8-7-16-27(29)37(42)34(31)38)32(28)33-35(40)25-14-5-6-15-26(25)36(33)41/h2-18,28,30-31,34,43H,19-21H2,1H3/t28-,30-,31+,34+,38-/m1/s1. The molecule has 5 heteroatoms. The lowest BCUT2D eigenvalue weighted by Crippen LogP contribution is -2.60. The van der Waals surface area contributed by atoms with Crippen molar-refractivity contribution < 1.29 is 19.5 Å². The van der Waals surface area contributed by atoms with Gasteiger partial charge in [0.15, 0.2) is 17.3 Å². The molecule has 1 saturated heterocycles. The molecule has 2 fully saturated rings. The maximum absolute atomic E-state index is 14.3. The zero-order chi connectivity index (χ0) is 29.5. The summed E-state index contributed by atoms with van der Waals surface area (Å²) in [6, 6.07) is 32.7. The van der Waals surface area contributed by atoms with Gasteiger partial charge in [0.05, 0.1) is 11.5 Å². The van der Waals surface area contributed by atoms with Crippen LogP contribution in [0.4, 0.5) is 0 Å². The molecule has 0 amide bonds. The molecule has 1 heterocycles. The molecule has 4 aromatic rings. The number of hydrogen-bond donors (Lipinski definition) is 1. The van der Waals surface area contributed by atoms with E-state index in [1.807, 2.05) is 67.6 Å². The van der Waals surface area contributed by atoms with Crippen molar-refractivity contribution in [3.63, 3.8) is 0 Å². The molecule has 1 aliphatic heterocycles. The highest BCUT2D eigenvalue weighted by atomic mass is 16.3. The average Bonchev–Trinajstić information content (AvgIpc) is 3.41. The summed E-state index contributed by atoms with van der Waals surface area (Å²) in [5, 5.41) is 13.1. The third-order valence-corrected chi connectivity index (χ3v) is 10.2. The van der Waals surface area contributed by atoms with Gasteiger partial charge in [-0.1, -0.05) is 109 Å².